The van der Waals surface area contributed by atoms with Crippen molar-refractivity contribution >= 4 is 11.9 Å². The maximum atomic E-state index is 12.2. The number of carbonyl (C=O) groups is 2. The van der Waals surface area contributed by atoms with Gasteiger partial charge in [-0.3, -0.25) is 14.5 Å². The average molecular weight is 270 g/mol. The van der Waals surface area contributed by atoms with E-state index < -0.39 is 5.97 Å². The molecule has 108 valence electrons. The quantitative estimate of drug-likeness (QED) is 0.789. The molecule has 6 nitrogen and oxygen atoms in total. The number of carboxylic acids is 1. The van der Waals surface area contributed by atoms with Gasteiger partial charge in [0.15, 0.2) is 0 Å². The second-order valence-electron chi connectivity index (χ2n) is 5.21. The van der Waals surface area contributed by atoms with Gasteiger partial charge in [-0.2, -0.15) is 0 Å². The molecule has 0 aromatic carbocycles. The molecule has 2 fully saturated rings. The number of rotatable bonds is 4. The van der Waals surface area contributed by atoms with Crippen molar-refractivity contribution in [3.8, 4) is 0 Å². The first-order valence-electron chi connectivity index (χ1n) is 6.98. The SMILES string of the molecule is O=C(O)CC1CCCCN1CC(=O)N1CCOCC1. The Morgan fingerprint density at radius 1 is 1.16 bits per heavy atom. The molecule has 1 amide bonds. The van der Waals surface area contributed by atoms with Gasteiger partial charge in [-0.25, -0.2) is 0 Å². The summed E-state index contributed by atoms with van der Waals surface area (Å²) in [7, 11) is 0. The molecule has 2 aliphatic rings. The van der Waals surface area contributed by atoms with Gasteiger partial charge in [0.05, 0.1) is 26.2 Å². The van der Waals surface area contributed by atoms with Crippen LogP contribution in [0.15, 0.2) is 0 Å². The standard InChI is InChI=1S/C13H22N2O4/c16-12(14-5-7-19-8-6-14)10-15-4-2-1-3-11(15)9-13(17)18/h11H,1-10H2,(H,17,18). The zero-order chi connectivity index (χ0) is 13.7. The summed E-state index contributed by atoms with van der Waals surface area (Å²) in [5.74, 6) is -0.684. The number of likely N-dealkylation sites (tertiary alicyclic amines) is 1. The van der Waals surface area contributed by atoms with Gasteiger partial charge >= 0.3 is 5.97 Å². The lowest BCUT2D eigenvalue weighted by atomic mass is 9.99. The highest BCUT2D eigenvalue weighted by atomic mass is 16.5. The normalized spacial score (nSPS) is 25.3. The molecule has 0 aromatic heterocycles. The molecular weight excluding hydrogens is 248 g/mol. The lowest BCUT2D eigenvalue weighted by molar-refractivity contribution is -0.142. The number of carboxylic acid groups (broad SMARTS) is 1. The van der Waals surface area contributed by atoms with Gasteiger partial charge < -0.3 is 14.7 Å². The summed E-state index contributed by atoms with van der Waals surface area (Å²) in [6.45, 7) is 3.67. The fourth-order valence-electron chi connectivity index (χ4n) is 2.79. The fourth-order valence-corrected chi connectivity index (χ4v) is 2.79. The number of carbonyl (C=O) groups excluding carboxylic acids is 1. The molecular formula is C13H22N2O4. The van der Waals surface area contributed by atoms with E-state index in [2.05, 4.69) is 0 Å². The van der Waals surface area contributed by atoms with Gasteiger partial charge in [-0.15, -0.1) is 0 Å². The van der Waals surface area contributed by atoms with E-state index in [1.165, 1.54) is 0 Å². The van der Waals surface area contributed by atoms with Crippen LogP contribution in [0, 0.1) is 0 Å². The topological polar surface area (TPSA) is 70.1 Å². The van der Waals surface area contributed by atoms with Crippen LogP contribution in [0.3, 0.4) is 0 Å². The summed E-state index contributed by atoms with van der Waals surface area (Å²) in [5, 5.41) is 8.93. The first-order valence-corrected chi connectivity index (χ1v) is 6.98. The van der Waals surface area contributed by atoms with Gasteiger partial charge in [0, 0.05) is 19.1 Å². The van der Waals surface area contributed by atoms with Crippen molar-refractivity contribution in [2.75, 3.05) is 39.4 Å². The molecule has 2 rings (SSSR count). The monoisotopic (exact) mass is 270 g/mol. The zero-order valence-electron chi connectivity index (χ0n) is 11.2. The van der Waals surface area contributed by atoms with Gasteiger partial charge in [0.2, 0.25) is 5.91 Å². The first-order chi connectivity index (χ1) is 9.16. The summed E-state index contributed by atoms with van der Waals surface area (Å²) in [6, 6.07) is 0.0104. The lowest BCUT2D eigenvalue weighted by Gasteiger charge is -2.36. The summed E-state index contributed by atoms with van der Waals surface area (Å²) in [4.78, 5) is 26.9. The predicted molar refractivity (Wildman–Crippen MR) is 68.9 cm³/mol. The highest BCUT2D eigenvalue weighted by Crippen LogP contribution is 2.19. The summed E-state index contributed by atoms with van der Waals surface area (Å²) < 4.78 is 5.23. The largest absolute Gasteiger partial charge is 0.481 e. The molecule has 0 aliphatic carbocycles. The molecule has 6 heteroatoms. The Labute approximate surface area is 113 Å². The molecule has 2 heterocycles. The van der Waals surface area contributed by atoms with E-state index in [1.807, 2.05) is 9.80 Å². The smallest absolute Gasteiger partial charge is 0.304 e. The van der Waals surface area contributed by atoms with Crippen molar-refractivity contribution in [1.82, 2.24) is 9.80 Å². The molecule has 2 saturated heterocycles. The Morgan fingerprint density at radius 3 is 2.58 bits per heavy atom. The maximum absolute atomic E-state index is 12.2. The van der Waals surface area contributed by atoms with Crippen molar-refractivity contribution in [2.24, 2.45) is 0 Å². The second kappa shape index (κ2) is 6.86. The molecule has 0 spiro atoms. The van der Waals surface area contributed by atoms with Gasteiger partial charge in [-0.1, -0.05) is 6.42 Å². The summed E-state index contributed by atoms with van der Waals surface area (Å²) in [6.07, 6.45) is 3.12. The highest BCUT2D eigenvalue weighted by Gasteiger charge is 2.28. The van der Waals surface area contributed by atoms with Crippen molar-refractivity contribution < 1.29 is 19.4 Å². The molecule has 0 radical (unpaired) electrons. The van der Waals surface area contributed by atoms with Gasteiger partial charge in [0.25, 0.3) is 0 Å². The Kier molecular flexibility index (Phi) is 5.15. The molecule has 2 aliphatic heterocycles. The Hall–Kier alpha value is -1.14. The maximum Gasteiger partial charge on any atom is 0.304 e. The number of nitrogens with zero attached hydrogens (tertiary/aromatic N) is 2. The molecule has 19 heavy (non-hydrogen) atoms. The Balaban J connectivity index is 1.87. The second-order valence-corrected chi connectivity index (χ2v) is 5.21. The van der Waals surface area contributed by atoms with Crippen LogP contribution in [0.25, 0.3) is 0 Å². The van der Waals surface area contributed by atoms with Crippen LogP contribution >= 0.6 is 0 Å². The van der Waals surface area contributed by atoms with Crippen molar-refractivity contribution in [3.05, 3.63) is 0 Å². The number of morpholine rings is 1. The van der Waals surface area contributed by atoms with Crippen LogP contribution in [0.2, 0.25) is 0 Å². The van der Waals surface area contributed by atoms with Crippen molar-refractivity contribution in [3.63, 3.8) is 0 Å². The number of hydrogen-bond donors (Lipinski definition) is 1. The number of ether oxygens (including phenoxy) is 1. The first kappa shape index (κ1) is 14.3. The summed E-state index contributed by atoms with van der Waals surface area (Å²) >= 11 is 0. The number of aliphatic carboxylic acids is 1. The highest BCUT2D eigenvalue weighted by molar-refractivity contribution is 5.78. The minimum Gasteiger partial charge on any atom is -0.481 e. The third-order valence-electron chi connectivity index (χ3n) is 3.86. The molecule has 1 atom stereocenters. The fraction of sp³-hybridized carbons (Fsp3) is 0.846. The van der Waals surface area contributed by atoms with E-state index in [1.54, 1.807) is 0 Å². The third-order valence-corrected chi connectivity index (χ3v) is 3.86. The third kappa shape index (κ3) is 4.18. The summed E-state index contributed by atoms with van der Waals surface area (Å²) in [5.41, 5.74) is 0. The number of hydrogen-bond acceptors (Lipinski definition) is 4. The average Bonchev–Trinajstić information content (AvgIpc) is 2.41. The van der Waals surface area contributed by atoms with E-state index in [0.717, 1.165) is 25.8 Å². The molecule has 0 saturated carbocycles. The van der Waals surface area contributed by atoms with Crippen LogP contribution < -0.4 is 0 Å². The predicted octanol–water partition coefficient (Wildman–Crippen LogP) is 0.174. The van der Waals surface area contributed by atoms with Crippen LogP contribution in [-0.2, 0) is 14.3 Å². The van der Waals surface area contributed by atoms with E-state index >= 15 is 0 Å². The number of amides is 1. The van der Waals surface area contributed by atoms with E-state index in [0.29, 0.717) is 32.8 Å². The van der Waals surface area contributed by atoms with Crippen LogP contribution in [0.1, 0.15) is 25.7 Å². The van der Waals surface area contributed by atoms with E-state index in [-0.39, 0.29) is 18.4 Å². The minimum absolute atomic E-state index is 0.0104. The van der Waals surface area contributed by atoms with E-state index in [9.17, 15) is 9.59 Å². The van der Waals surface area contributed by atoms with Gasteiger partial charge in [0.1, 0.15) is 0 Å². The molecule has 0 aromatic rings. The molecule has 1 N–H and O–H groups in total. The van der Waals surface area contributed by atoms with Crippen LogP contribution in [0.4, 0.5) is 0 Å². The van der Waals surface area contributed by atoms with E-state index in [4.69, 9.17) is 9.84 Å². The van der Waals surface area contributed by atoms with Crippen molar-refractivity contribution in [1.29, 1.82) is 0 Å². The number of piperidine rings is 1. The van der Waals surface area contributed by atoms with Crippen LogP contribution in [-0.4, -0.2) is 72.2 Å². The van der Waals surface area contributed by atoms with Crippen molar-refractivity contribution in [2.45, 2.75) is 31.7 Å². The minimum atomic E-state index is -0.782. The zero-order valence-corrected chi connectivity index (χ0v) is 11.2. The Morgan fingerprint density at radius 2 is 1.89 bits per heavy atom. The Bertz CT molecular complexity index is 329. The molecule has 0 bridgehead atoms. The molecule has 1 unspecified atom stereocenters. The van der Waals surface area contributed by atoms with Crippen LogP contribution in [0.5, 0.6) is 0 Å². The lowest BCUT2D eigenvalue weighted by Crippen LogP contribution is -2.49. The van der Waals surface area contributed by atoms with Gasteiger partial charge in [-0.05, 0) is 19.4 Å².